The molecule has 0 spiro atoms. The number of aromatic nitrogens is 1. The lowest BCUT2D eigenvalue weighted by atomic mass is 10.3. The predicted molar refractivity (Wildman–Crippen MR) is 66.6 cm³/mol. The molecule has 1 rings (SSSR count). The van der Waals surface area contributed by atoms with Gasteiger partial charge in [0.2, 0.25) is 0 Å². The fraction of sp³-hybridized carbons (Fsp3) is 0.455. The zero-order valence-electron chi connectivity index (χ0n) is 9.53. The van der Waals surface area contributed by atoms with Gasteiger partial charge in [0, 0.05) is 24.1 Å². The first-order valence-corrected chi connectivity index (χ1v) is 6.25. The monoisotopic (exact) mass is 240 g/mol. The van der Waals surface area contributed by atoms with Gasteiger partial charge in [-0.15, -0.1) is 11.8 Å². The van der Waals surface area contributed by atoms with E-state index in [0.29, 0.717) is 5.75 Å². The number of thioether (sulfide) groups is 1. The maximum Gasteiger partial charge on any atom is 0.315 e. The van der Waals surface area contributed by atoms with Gasteiger partial charge in [-0.25, -0.2) is 4.98 Å². The molecule has 88 valence electrons. The Morgan fingerprint density at radius 2 is 2.44 bits per heavy atom. The number of anilines is 1. The summed E-state index contributed by atoms with van der Waals surface area (Å²) in [4.78, 5) is 15.2. The number of hydrogen-bond donors (Lipinski definition) is 1. The molecule has 1 aromatic rings. The van der Waals surface area contributed by atoms with Crippen LogP contribution in [-0.2, 0) is 15.3 Å². The van der Waals surface area contributed by atoms with Gasteiger partial charge in [-0.05, 0) is 13.0 Å². The number of pyridine rings is 1. The van der Waals surface area contributed by atoms with E-state index in [1.807, 2.05) is 19.1 Å². The van der Waals surface area contributed by atoms with Crippen molar-refractivity contribution in [2.24, 2.45) is 0 Å². The molecular formula is C11H16N2O2S. The van der Waals surface area contributed by atoms with Crippen molar-refractivity contribution in [3.8, 4) is 0 Å². The van der Waals surface area contributed by atoms with Gasteiger partial charge in [0.05, 0.1) is 12.9 Å². The van der Waals surface area contributed by atoms with E-state index >= 15 is 0 Å². The molecule has 1 aromatic heterocycles. The van der Waals surface area contributed by atoms with E-state index in [0.717, 1.165) is 23.7 Å². The summed E-state index contributed by atoms with van der Waals surface area (Å²) in [7, 11) is 1.40. The quantitative estimate of drug-likeness (QED) is 0.770. The SMILES string of the molecule is CCNc1ncccc1CSCC(=O)OC. The van der Waals surface area contributed by atoms with E-state index in [-0.39, 0.29) is 5.97 Å². The molecule has 0 atom stereocenters. The molecule has 0 bridgehead atoms. The van der Waals surface area contributed by atoms with Gasteiger partial charge in [0.25, 0.3) is 0 Å². The number of esters is 1. The summed E-state index contributed by atoms with van der Waals surface area (Å²) in [5.41, 5.74) is 1.11. The molecule has 5 heteroatoms. The maximum absolute atomic E-state index is 10.9. The Balaban J connectivity index is 2.49. The van der Waals surface area contributed by atoms with Crippen LogP contribution in [0.15, 0.2) is 18.3 Å². The standard InChI is InChI=1S/C11H16N2O2S/c1-3-12-11-9(5-4-6-13-11)7-16-8-10(14)15-2/h4-6H,3,7-8H2,1-2H3,(H,12,13). The van der Waals surface area contributed by atoms with Crippen LogP contribution in [0.2, 0.25) is 0 Å². The number of rotatable bonds is 6. The topological polar surface area (TPSA) is 51.2 Å². The molecule has 0 amide bonds. The van der Waals surface area contributed by atoms with Crippen LogP contribution in [-0.4, -0.2) is 30.4 Å². The maximum atomic E-state index is 10.9. The van der Waals surface area contributed by atoms with Gasteiger partial charge >= 0.3 is 5.97 Å². The number of nitrogens with one attached hydrogen (secondary N) is 1. The number of carbonyl (C=O) groups is 1. The summed E-state index contributed by atoms with van der Waals surface area (Å²) in [5.74, 6) is 1.82. The van der Waals surface area contributed by atoms with Crippen LogP contribution >= 0.6 is 11.8 Å². The smallest absolute Gasteiger partial charge is 0.315 e. The minimum atomic E-state index is -0.195. The highest BCUT2D eigenvalue weighted by molar-refractivity contribution is 7.99. The number of ether oxygens (including phenoxy) is 1. The Kier molecular flexibility index (Phi) is 5.71. The molecule has 0 aliphatic carbocycles. The third-order valence-electron chi connectivity index (χ3n) is 1.94. The Morgan fingerprint density at radius 3 is 3.12 bits per heavy atom. The number of hydrogen-bond acceptors (Lipinski definition) is 5. The minimum Gasteiger partial charge on any atom is -0.468 e. The molecule has 0 unspecified atom stereocenters. The average Bonchev–Trinajstić information content (AvgIpc) is 2.31. The van der Waals surface area contributed by atoms with Gasteiger partial charge in [-0.2, -0.15) is 0 Å². The Labute approximate surface area is 99.8 Å². The van der Waals surface area contributed by atoms with Crippen LogP contribution < -0.4 is 5.32 Å². The lowest BCUT2D eigenvalue weighted by Crippen LogP contribution is -2.05. The highest BCUT2D eigenvalue weighted by atomic mass is 32.2. The Hall–Kier alpha value is -1.23. The van der Waals surface area contributed by atoms with Crippen LogP contribution in [0.25, 0.3) is 0 Å². The zero-order chi connectivity index (χ0) is 11.8. The second-order valence-corrected chi connectivity index (χ2v) is 4.10. The van der Waals surface area contributed by atoms with Gasteiger partial charge in [-0.1, -0.05) is 6.07 Å². The number of nitrogens with zero attached hydrogens (tertiary/aromatic N) is 1. The van der Waals surface area contributed by atoms with Crippen molar-refractivity contribution < 1.29 is 9.53 Å². The molecule has 0 aliphatic rings. The van der Waals surface area contributed by atoms with E-state index in [1.54, 1.807) is 6.20 Å². The molecule has 1 N–H and O–H groups in total. The van der Waals surface area contributed by atoms with Crippen molar-refractivity contribution in [1.29, 1.82) is 0 Å². The second kappa shape index (κ2) is 7.11. The van der Waals surface area contributed by atoms with Gasteiger partial charge in [-0.3, -0.25) is 4.79 Å². The minimum absolute atomic E-state index is 0.195. The van der Waals surface area contributed by atoms with Gasteiger partial charge in [0.15, 0.2) is 0 Å². The Morgan fingerprint density at radius 1 is 1.62 bits per heavy atom. The molecule has 4 nitrogen and oxygen atoms in total. The summed E-state index contributed by atoms with van der Waals surface area (Å²) >= 11 is 1.52. The third kappa shape index (κ3) is 4.10. The molecule has 0 fully saturated rings. The number of carbonyl (C=O) groups excluding carboxylic acids is 1. The van der Waals surface area contributed by atoms with Crippen molar-refractivity contribution in [1.82, 2.24) is 4.98 Å². The first-order valence-electron chi connectivity index (χ1n) is 5.10. The molecule has 16 heavy (non-hydrogen) atoms. The second-order valence-electron chi connectivity index (χ2n) is 3.11. The van der Waals surface area contributed by atoms with Crippen LogP contribution in [0, 0.1) is 0 Å². The van der Waals surface area contributed by atoms with E-state index in [2.05, 4.69) is 15.0 Å². The molecule has 0 saturated carbocycles. The highest BCUT2D eigenvalue weighted by Crippen LogP contribution is 2.18. The number of methoxy groups -OCH3 is 1. The largest absolute Gasteiger partial charge is 0.468 e. The van der Waals surface area contributed by atoms with Crippen LogP contribution in [0.1, 0.15) is 12.5 Å². The van der Waals surface area contributed by atoms with Crippen molar-refractivity contribution in [2.45, 2.75) is 12.7 Å². The summed E-state index contributed by atoms with van der Waals surface area (Å²) in [6.07, 6.45) is 1.76. The van der Waals surface area contributed by atoms with Crippen LogP contribution in [0.3, 0.4) is 0 Å². The molecule has 0 aromatic carbocycles. The zero-order valence-corrected chi connectivity index (χ0v) is 10.3. The van der Waals surface area contributed by atoms with Gasteiger partial charge < -0.3 is 10.1 Å². The highest BCUT2D eigenvalue weighted by Gasteiger charge is 2.04. The lowest BCUT2D eigenvalue weighted by Gasteiger charge is -2.08. The van der Waals surface area contributed by atoms with Crippen LogP contribution in [0.4, 0.5) is 5.82 Å². The van der Waals surface area contributed by atoms with E-state index in [1.165, 1.54) is 18.9 Å². The first-order chi connectivity index (χ1) is 7.77. The Bertz CT molecular complexity index is 345. The summed E-state index contributed by atoms with van der Waals surface area (Å²) in [5, 5.41) is 3.19. The summed E-state index contributed by atoms with van der Waals surface area (Å²) in [6.45, 7) is 2.87. The summed E-state index contributed by atoms with van der Waals surface area (Å²) in [6, 6.07) is 3.91. The third-order valence-corrected chi connectivity index (χ3v) is 2.90. The normalized spacial score (nSPS) is 9.88. The fourth-order valence-corrected chi connectivity index (χ4v) is 2.02. The first kappa shape index (κ1) is 12.8. The van der Waals surface area contributed by atoms with Crippen LogP contribution in [0.5, 0.6) is 0 Å². The van der Waals surface area contributed by atoms with E-state index in [4.69, 9.17) is 0 Å². The fourth-order valence-electron chi connectivity index (χ4n) is 1.18. The lowest BCUT2D eigenvalue weighted by molar-refractivity contribution is -0.137. The molecule has 0 radical (unpaired) electrons. The van der Waals surface area contributed by atoms with Crippen molar-refractivity contribution >= 4 is 23.5 Å². The molecule has 0 saturated heterocycles. The molecule has 1 heterocycles. The van der Waals surface area contributed by atoms with Crippen molar-refractivity contribution in [3.63, 3.8) is 0 Å². The van der Waals surface area contributed by atoms with E-state index in [9.17, 15) is 4.79 Å². The van der Waals surface area contributed by atoms with Crippen molar-refractivity contribution in [3.05, 3.63) is 23.9 Å². The van der Waals surface area contributed by atoms with Crippen molar-refractivity contribution in [2.75, 3.05) is 24.7 Å². The average molecular weight is 240 g/mol. The molecular weight excluding hydrogens is 224 g/mol. The summed E-state index contributed by atoms with van der Waals surface area (Å²) < 4.78 is 4.57. The molecule has 0 aliphatic heterocycles. The van der Waals surface area contributed by atoms with Gasteiger partial charge in [0.1, 0.15) is 5.82 Å². The van der Waals surface area contributed by atoms with E-state index < -0.39 is 0 Å². The predicted octanol–water partition coefficient (Wildman–Crippen LogP) is 1.92.